The number of halogens is 6. The summed E-state index contributed by atoms with van der Waals surface area (Å²) >= 11 is 0. The average molecular weight is 419 g/mol. The van der Waals surface area contributed by atoms with Crippen LogP contribution in [0, 0.1) is 0 Å². The zero-order valence-electron chi connectivity index (χ0n) is 15.6. The Balaban J connectivity index is 2.34. The third-order valence-electron chi connectivity index (χ3n) is 4.65. The maximum Gasteiger partial charge on any atom is 0.416 e. The van der Waals surface area contributed by atoms with E-state index in [1.165, 1.54) is 7.11 Å². The summed E-state index contributed by atoms with van der Waals surface area (Å²) in [5, 5.41) is 2.40. The fraction of sp³-hybridized carbons (Fsp3) is 0.350. The van der Waals surface area contributed by atoms with E-state index in [1.54, 1.807) is 37.3 Å². The SMILES string of the molecule is CCC(CNC(=O)c1cc(C(F)(F)F)cc(C(F)(F)F)c1)(OC)c1ccccc1. The lowest BCUT2D eigenvalue weighted by Crippen LogP contribution is -2.42. The lowest BCUT2D eigenvalue weighted by Gasteiger charge is -2.32. The van der Waals surface area contributed by atoms with E-state index in [0.717, 1.165) is 0 Å². The molecule has 0 spiro atoms. The molecule has 0 fully saturated rings. The van der Waals surface area contributed by atoms with Crippen LogP contribution in [0.1, 0.15) is 40.4 Å². The third-order valence-corrected chi connectivity index (χ3v) is 4.65. The lowest BCUT2D eigenvalue weighted by atomic mass is 9.90. The number of alkyl halides is 6. The smallest absolute Gasteiger partial charge is 0.372 e. The number of ether oxygens (including phenoxy) is 1. The van der Waals surface area contributed by atoms with Crippen LogP contribution < -0.4 is 5.32 Å². The van der Waals surface area contributed by atoms with E-state index in [0.29, 0.717) is 24.1 Å². The number of hydrogen-bond donors (Lipinski definition) is 1. The largest absolute Gasteiger partial charge is 0.416 e. The number of carbonyl (C=O) groups is 1. The number of hydrogen-bond acceptors (Lipinski definition) is 2. The van der Waals surface area contributed by atoms with Crippen molar-refractivity contribution in [2.45, 2.75) is 31.3 Å². The number of amides is 1. The summed E-state index contributed by atoms with van der Waals surface area (Å²) in [6.07, 6.45) is -9.65. The van der Waals surface area contributed by atoms with Crippen molar-refractivity contribution < 1.29 is 35.9 Å². The van der Waals surface area contributed by atoms with Crippen LogP contribution in [0.5, 0.6) is 0 Å². The monoisotopic (exact) mass is 419 g/mol. The van der Waals surface area contributed by atoms with Gasteiger partial charge in [-0.05, 0) is 30.2 Å². The van der Waals surface area contributed by atoms with E-state index in [-0.39, 0.29) is 12.6 Å². The Labute approximate surface area is 163 Å². The number of rotatable bonds is 6. The summed E-state index contributed by atoms with van der Waals surface area (Å²) in [5.74, 6) is -1.06. The van der Waals surface area contributed by atoms with Crippen LogP contribution in [0.4, 0.5) is 26.3 Å². The molecule has 29 heavy (non-hydrogen) atoms. The van der Waals surface area contributed by atoms with Crippen LogP contribution in [0.3, 0.4) is 0 Å². The van der Waals surface area contributed by atoms with E-state index in [1.807, 2.05) is 0 Å². The number of methoxy groups -OCH3 is 1. The average Bonchev–Trinajstić information content (AvgIpc) is 2.68. The quantitative estimate of drug-likeness (QED) is 0.637. The molecule has 2 aromatic rings. The van der Waals surface area contributed by atoms with Gasteiger partial charge in [-0.15, -0.1) is 0 Å². The van der Waals surface area contributed by atoms with E-state index in [9.17, 15) is 31.1 Å². The Bertz CT molecular complexity index is 810. The van der Waals surface area contributed by atoms with Crippen molar-refractivity contribution in [2.75, 3.05) is 13.7 Å². The zero-order valence-corrected chi connectivity index (χ0v) is 15.6. The molecule has 3 nitrogen and oxygen atoms in total. The topological polar surface area (TPSA) is 38.3 Å². The third kappa shape index (κ3) is 5.29. The molecular weight excluding hydrogens is 400 g/mol. The highest BCUT2D eigenvalue weighted by molar-refractivity contribution is 5.94. The van der Waals surface area contributed by atoms with E-state index >= 15 is 0 Å². The highest BCUT2D eigenvalue weighted by Gasteiger charge is 2.38. The maximum absolute atomic E-state index is 13.0. The summed E-state index contributed by atoms with van der Waals surface area (Å²) in [6.45, 7) is 1.65. The van der Waals surface area contributed by atoms with Crippen LogP contribution in [0.25, 0.3) is 0 Å². The Morgan fingerprint density at radius 3 is 1.83 bits per heavy atom. The van der Waals surface area contributed by atoms with Gasteiger partial charge in [0.15, 0.2) is 0 Å². The van der Waals surface area contributed by atoms with Gasteiger partial charge >= 0.3 is 12.4 Å². The minimum absolute atomic E-state index is 0.0216. The standard InChI is InChI=1S/C20H19F6NO2/c1-3-18(29-2,14-7-5-4-6-8-14)12-27-17(28)13-9-15(19(21,22)23)11-16(10-13)20(24,25)26/h4-11H,3,12H2,1-2H3,(H,27,28). The van der Waals surface area contributed by atoms with Crippen molar-refractivity contribution in [3.63, 3.8) is 0 Å². The van der Waals surface area contributed by atoms with Crippen LogP contribution in [0.2, 0.25) is 0 Å². The molecule has 0 radical (unpaired) electrons. The molecule has 0 bridgehead atoms. The fourth-order valence-corrected chi connectivity index (χ4v) is 2.92. The molecule has 1 amide bonds. The van der Waals surface area contributed by atoms with Gasteiger partial charge in [-0.2, -0.15) is 26.3 Å². The molecule has 0 heterocycles. The predicted octanol–water partition coefficient (Wildman–Crippen LogP) is 5.41. The normalized spacial score (nSPS) is 14.3. The first-order chi connectivity index (χ1) is 13.4. The molecule has 0 aromatic heterocycles. The number of nitrogens with one attached hydrogen (secondary N) is 1. The molecule has 1 atom stereocenters. The zero-order chi connectivity index (χ0) is 21.9. The van der Waals surface area contributed by atoms with Crippen LogP contribution >= 0.6 is 0 Å². The van der Waals surface area contributed by atoms with Gasteiger partial charge in [0.1, 0.15) is 5.60 Å². The Kier molecular flexibility index (Phi) is 6.62. The fourth-order valence-electron chi connectivity index (χ4n) is 2.92. The molecule has 0 aliphatic rings. The van der Waals surface area contributed by atoms with Gasteiger partial charge in [-0.25, -0.2) is 0 Å². The van der Waals surface area contributed by atoms with Crippen molar-refractivity contribution in [2.24, 2.45) is 0 Å². The first-order valence-electron chi connectivity index (χ1n) is 8.61. The van der Waals surface area contributed by atoms with Crippen LogP contribution in [-0.2, 0) is 22.7 Å². The Morgan fingerprint density at radius 1 is 0.897 bits per heavy atom. The van der Waals surface area contributed by atoms with Gasteiger partial charge in [0.2, 0.25) is 0 Å². The first-order valence-corrected chi connectivity index (χ1v) is 8.61. The molecule has 1 unspecified atom stereocenters. The van der Waals surface area contributed by atoms with Gasteiger partial charge in [-0.1, -0.05) is 37.3 Å². The van der Waals surface area contributed by atoms with Gasteiger partial charge in [0.25, 0.3) is 5.91 Å². The Hall–Kier alpha value is -2.55. The summed E-state index contributed by atoms with van der Waals surface area (Å²) in [4.78, 5) is 12.4. The molecule has 158 valence electrons. The minimum Gasteiger partial charge on any atom is -0.372 e. The molecule has 0 saturated carbocycles. The molecule has 9 heteroatoms. The second-order valence-electron chi connectivity index (χ2n) is 6.40. The predicted molar refractivity (Wildman–Crippen MR) is 94.2 cm³/mol. The van der Waals surface area contributed by atoms with Gasteiger partial charge in [0.05, 0.1) is 17.7 Å². The highest BCUT2D eigenvalue weighted by Crippen LogP contribution is 2.36. The van der Waals surface area contributed by atoms with E-state index in [4.69, 9.17) is 4.74 Å². The highest BCUT2D eigenvalue weighted by atomic mass is 19.4. The van der Waals surface area contributed by atoms with Crippen LogP contribution in [-0.4, -0.2) is 19.6 Å². The second kappa shape index (κ2) is 8.44. The first kappa shape index (κ1) is 22.7. The van der Waals surface area contributed by atoms with Crippen LogP contribution in [0.15, 0.2) is 48.5 Å². The van der Waals surface area contributed by atoms with E-state index in [2.05, 4.69) is 5.32 Å². The van der Waals surface area contributed by atoms with Gasteiger partial charge < -0.3 is 10.1 Å². The molecule has 0 aliphatic carbocycles. The van der Waals surface area contributed by atoms with Crippen molar-refractivity contribution in [1.29, 1.82) is 0 Å². The lowest BCUT2D eigenvalue weighted by molar-refractivity contribution is -0.143. The summed E-state index contributed by atoms with van der Waals surface area (Å²) in [7, 11) is 1.41. The Morgan fingerprint density at radius 2 is 1.41 bits per heavy atom. The molecule has 2 aromatic carbocycles. The summed E-state index contributed by atoms with van der Waals surface area (Å²) < 4.78 is 83.5. The molecule has 1 N–H and O–H groups in total. The number of benzene rings is 2. The van der Waals surface area contributed by atoms with Crippen molar-refractivity contribution >= 4 is 5.91 Å². The molecule has 2 rings (SSSR count). The molecule has 0 saturated heterocycles. The van der Waals surface area contributed by atoms with Gasteiger partial charge in [0, 0.05) is 12.7 Å². The van der Waals surface area contributed by atoms with E-state index < -0.39 is 40.6 Å². The number of carbonyl (C=O) groups excluding carboxylic acids is 1. The second-order valence-corrected chi connectivity index (χ2v) is 6.40. The van der Waals surface area contributed by atoms with Crippen molar-refractivity contribution in [1.82, 2.24) is 5.32 Å². The summed E-state index contributed by atoms with van der Waals surface area (Å²) in [5.41, 5.74) is -4.10. The minimum atomic E-state index is -5.03. The van der Waals surface area contributed by atoms with Crippen molar-refractivity contribution in [3.05, 3.63) is 70.8 Å². The summed E-state index contributed by atoms with van der Waals surface area (Å²) in [6, 6.07) is 9.56. The molecule has 0 aliphatic heterocycles. The maximum atomic E-state index is 13.0. The van der Waals surface area contributed by atoms with Crippen molar-refractivity contribution in [3.8, 4) is 0 Å². The van der Waals surface area contributed by atoms with Gasteiger partial charge in [-0.3, -0.25) is 4.79 Å². The molecular formula is C20H19F6NO2.